The summed E-state index contributed by atoms with van der Waals surface area (Å²) < 4.78 is 39.0. The Bertz CT molecular complexity index is 403. The molecule has 0 aromatic heterocycles. The molecule has 0 N–H and O–H groups in total. The predicted octanol–water partition coefficient (Wildman–Crippen LogP) is 4.11. The first-order valence-corrected chi connectivity index (χ1v) is 16.5. The quantitative estimate of drug-likeness (QED) is 0.672. The maximum atomic E-state index is 12.7. The van der Waals surface area contributed by atoms with Crippen molar-refractivity contribution in [3.05, 3.63) is 9.16 Å². The number of rotatable bonds is 2. The van der Waals surface area contributed by atoms with Crippen molar-refractivity contribution in [2.45, 2.75) is 46.7 Å². The Morgan fingerprint density at radius 2 is 1.61 bits per heavy atom. The topological polar surface area (TPSA) is 17.1 Å². The monoisotopic (exact) mass is 368 g/mol. The number of ketones is 1. The predicted molar refractivity (Wildman–Crippen MR) is 66.9 cm³/mol. The second-order valence-electron chi connectivity index (χ2n) is 6.40. The third kappa shape index (κ3) is 2.37. The summed E-state index contributed by atoms with van der Waals surface area (Å²) in [5, 5.41) is 0. The molecule has 1 saturated carbocycles. The Balaban J connectivity index is 2.42. The van der Waals surface area contributed by atoms with Crippen LogP contribution in [-0.4, -0.2) is 30.3 Å². The van der Waals surface area contributed by atoms with Crippen LogP contribution in [0.3, 0.4) is 0 Å². The van der Waals surface area contributed by atoms with Crippen LogP contribution in [-0.2, 0) is 4.79 Å². The van der Waals surface area contributed by atoms with Crippen LogP contribution in [0.25, 0.3) is 0 Å². The molecular formula is C13H19F3OSn. The van der Waals surface area contributed by atoms with Crippen LogP contribution in [0.5, 0.6) is 0 Å². The van der Waals surface area contributed by atoms with E-state index >= 15 is 0 Å². The van der Waals surface area contributed by atoms with Crippen molar-refractivity contribution in [1.82, 2.24) is 0 Å². The summed E-state index contributed by atoms with van der Waals surface area (Å²) in [6, 6.07) is 0. The Morgan fingerprint density at radius 1 is 1.11 bits per heavy atom. The van der Waals surface area contributed by atoms with E-state index in [2.05, 4.69) is 14.8 Å². The van der Waals surface area contributed by atoms with Gasteiger partial charge in [0.25, 0.3) is 0 Å². The summed E-state index contributed by atoms with van der Waals surface area (Å²) in [6.45, 7) is 0. The van der Waals surface area contributed by atoms with Crippen LogP contribution < -0.4 is 0 Å². The van der Waals surface area contributed by atoms with Gasteiger partial charge >= 0.3 is 110 Å². The van der Waals surface area contributed by atoms with Gasteiger partial charge < -0.3 is 0 Å². The Labute approximate surface area is 110 Å². The number of hydrogen-bond donors (Lipinski definition) is 0. The molecule has 5 heteroatoms. The molecule has 0 bridgehead atoms. The van der Waals surface area contributed by atoms with Gasteiger partial charge in [-0.15, -0.1) is 0 Å². The summed E-state index contributed by atoms with van der Waals surface area (Å²) in [5.41, 5.74) is 0.176. The van der Waals surface area contributed by atoms with Gasteiger partial charge in [-0.2, -0.15) is 0 Å². The van der Waals surface area contributed by atoms with Gasteiger partial charge in [0, 0.05) is 0 Å². The maximum absolute atomic E-state index is 12.7. The van der Waals surface area contributed by atoms with Crippen LogP contribution in [0.1, 0.15) is 25.7 Å². The fraction of sp³-hybridized carbons (Fsp3) is 0.769. The zero-order valence-corrected chi connectivity index (χ0v) is 13.9. The van der Waals surface area contributed by atoms with E-state index in [-0.39, 0.29) is 11.5 Å². The van der Waals surface area contributed by atoms with E-state index in [4.69, 9.17) is 0 Å². The van der Waals surface area contributed by atoms with Crippen LogP contribution in [0, 0.1) is 11.8 Å². The Morgan fingerprint density at radius 3 is 2.06 bits per heavy atom. The number of hydrogen-bond acceptors (Lipinski definition) is 1. The molecule has 2 rings (SSSR count). The Hall–Kier alpha value is -0.00130. The minimum atomic E-state index is -4.69. The molecule has 0 aromatic rings. The van der Waals surface area contributed by atoms with Crippen LogP contribution in [0.2, 0.25) is 14.8 Å². The number of Topliss-reactive ketones (excluding diaryl/α,β-unsaturated/α-hetero) is 1. The number of fused-ring (bicyclic) bond motifs is 1. The molecular weight excluding hydrogens is 348 g/mol. The molecule has 2 aliphatic rings. The zero-order chi connectivity index (χ0) is 13.7. The number of allylic oxidation sites excluding steroid dienone is 2. The third-order valence-corrected chi connectivity index (χ3v) is 10.5. The van der Waals surface area contributed by atoms with Crippen molar-refractivity contribution in [2.24, 2.45) is 11.8 Å². The molecule has 2 aliphatic carbocycles. The molecule has 0 amide bonds. The fourth-order valence-electron chi connectivity index (χ4n) is 3.53. The second kappa shape index (κ2) is 4.53. The molecule has 0 aromatic carbocycles. The van der Waals surface area contributed by atoms with E-state index in [0.29, 0.717) is 5.92 Å². The molecule has 2 unspecified atom stereocenters. The minimum absolute atomic E-state index is 0.0844. The van der Waals surface area contributed by atoms with E-state index in [1.807, 2.05) is 0 Å². The number of carbonyl (C=O) groups is 1. The summed E-state index contributed by atoms with van der Waals surface area (Å²) >= 11 is -2.59. The SMILES string of the molecule is [CH3][Sn]([CH3])([CH3])[C]1=C(C(=O)C(F)(F)F)C2CCCCC12. The van der Waals surface area contributed by atoms with Gasteiger partial charge in [0.2, 0.25) is 0 Å². The molecule has 0 aliphatic heterocycles. The van der Waals surface area contributed by atoms with Gasteiger partial charge in [-0.3, -0.25) is 0 Å². The normalized spacial score (nSPS) is 28.8. The average molecular weight is 367 g/mol. The van der Waals surface area contributed by atoms with Gasteiger partial charge in [0.15, 0.2) is 0 Å². The summed E-state index contributed by atoms with van der Waals surface area (Å²) in [5.74, 6) is -1.33. The number of halogens is 3. The van der Waals surface area contributed by atoms with E-state index in [1.165, 1.54) is 0 Å². The van der Waals surface area contributed by atoms with E-state index < -0.39 is 30.3 Å². The molecule has 0 saturated heterocycles. The van der Waals surface area contributed by atoms with E-state index in [0.717, 1.165) is 29.3 Å². The van der Waals surface area contributed by atoms with Crippen molar-refractivity contribution in [1.29, 1.82) is 0 Å². The summed E-state index contributed by atoms with van der Waals surface area (Å²) in [4.78, 5) is 17.9. The third-order valence-electron chi connectivity index (χ3n) is 4.11. The average Bonchev–Trinajstić information content (AvgIpc) is 2.16. The first-order valence-electron chi connectivity index (χ1n) is 6.50. The molecule has 0 heterocycles. The van der Waals surface area contributed by atoms with Crippen molar-refractivity contribution in [2.75, 3.05) is 0 Å². The van der Waals surface area contributed by atoms with Crippen LogP contribution in [0.15, 0.2) is 9.16 Å². The van der Waals surface area contributed by atoms with Crippen molar-refractivity contribution in [3.8, 4) is 0 Å². The molecule has 102 valence electrons. The van der Waals surface area contributed by atoms with Gasteiger partial charge in [0.05, 0.1) is 0 Å². The van der Waals surface area contributed by atoms with Gasteiger partial charge in [-0.1, -0.05) is 0 Å². The van der Waals surface area contributed by atoms with Crippen molar-refractivity contribution >= 4 is 24.2 Å². The molecule has 0 spiro atoms. The zero-order valence-electron chi connectivity index (χ0n) is 11.0. The van der Waals surface area contributed by atoms with Crippen molar-refractivity contribution < 1.29 is 18.0 Å². The number of alkyl halides is 3. The molecule has 0 radical (unpaired) electrons. The fourth-order valence-corrected chi connectivity index (χ4v) is 10.8. The van der Waals surface area contributed by atoms with Crippen LogP contribution >= 0.6 is 0 Å². The second-order valence-corrected chi connectivity index (χ2v) is 20.8. The van der Waals surface area contributed by atoms with Crippen molar-refractivity contribution in [3.63, 3.8) is 0 Å². The molecule has 18 heavy (non-hydrogen) atoms. The Kier molecular flexibility index (Phi) is 3.62. The van der Waals surface area contributed by atoms with E-state index in [9.17, 15) is 18.0 Å². The number of carbonyl (C=O) groups excluding carboxylic acids is 1. The van der Waals surface area contributed by atoms with Crippen LogP contribution in [0.4, 0.5) is 13.2 Å². The first-order chi connectivity index (χ1) is 8.14. The van der Waals surface area contributed by atoms with Gasteiger partial charge in [0.1, 0.15) is 0 Å². The van der Waals surface area contributed by atoms with Gasteiger partial charge in [-0.25, -0.2) is 0 Å². The molecule has 2 atom stereocenters. The summed E-state index contributed by atoms with van der Waals surface area (Å²) in [6.07, 6.45) is -0.876. The standard InChI is InChI=1S/C10H10F3O.3CH3.Sn/c11-10(12,13)9(14)8-5-6-3-1-2-4-7(6)8;;;;/h6-7H,1-4H2;3*1H3;. The van der Waals surface area contributed by atoms with E-state index in [1.54, 1.807) is 0 Å². The molecule has 1 nitrogen and oxygen atoms in total. The first kappa shape index (κ1) is 14.4. The molecule has 1 fully saturated rings. The van der Waals surface area contributed by atoms with Gasteiger partial charge in [-0.05, 0) is 0 Å². The summed E-state index contributed by atoms with van der Waals surface area (Å²) in [7, 11) is 0.